The Morgan fingerprint density at radius 1 is 1.44 bits per heavy atom. The van der Waals surface area contributed by atoms with Gasteiger partial charge in [0.1, 0.15) is 0 Å². The third-order valence-corrected chi connectivity index (χ3v) is 2.98. The van der Waals surface area contributed by atoms with Crippen molar-refractivity contribution in [1.82, 2.24) is 10.2 Å². The van der Waals surface area contributed by atoms with Gasteiger partial charge < -0.3 is 15.0 Å². The summed E-state index contributed by atoms with van der Waals surface area (Å²) in [6.07, 6.45) is 2.95. The van der Waals surface area contributed by atoms with Gasteiger partial charge in [0.25, 0.3) is 0 Å². The molecule has 1 aliphatic heterocycles. The molecule has 4 nitrogen and oxygen atoms in total. The molecule has 1 amide bonds. The molecule has 0 aromatic carbocycles. The van der Waals surface area contributed by atoms with Gasteiger partial charge in [0.15, 0.2) is 0 Å². The highest BCUT2D eigenvalue weighted by Gasteiger charge is 2.18. The first kappa shape index (κ1) is 15.7. The quantitative estimate of drug-likeness (QED) is 0.789. The summed E-state index contributed by atoms with van der Waals surface area (Å²) in [5.41, 5.74) is 0. The molecule has 0 aromatic rings. The van der Waals surface area contributed by atoms with E-state index in [1.54, 1.807) is 12.0 Å². The number of halogens is 1. The molecule has 0 unspecified atom stereocenters. The van der Waals surface area contributed by atoms with Crippen LogP contribution in [0.5, 0.6) is 0 Å². The van der Waals surface area contributed by atoms with Crippen molar-refractivity contribution in [3.8, 4) is 0 Å². The Kier molecular flexibility index (Phi) is 8.61. The van der Waals surface area contributed by atoms with Crippen molar-refractivity contribution < 1.29 is 9.53 Å². The second kappa shape index (κ2) is 8.79. The lowest BCUT2D eigenvalue weighted by Crippen LogP contribution is -2.34. The van der Waals surface area contributed by atoms with Gasteiger partial charge in [-0.05, 0) is 31.8 Å². The summed E-state index contributed by atoms with van der Waals surface area (Å²) in [4.78, 5) is 13.5. The van der Waals surface area contributed by atoms with Gasteiger partial charge in [-0.3, -0.25) is 4.79 Å². The Morgan fingerprint density at radius 3 is 2.62 bits per heavy atom. The number of hydrogen-bond acceptors (Lipinski definition) is 3. The molecule has 96 valence electrons. The highest BCUT2D eigenvalue weighted by molar-refractivity contribution is 5.85. The number of methoxy groups -OCH3 is 1. The second-order valence-electron chi connectivity index (χ2n) is 4.21. The lowest BCUT2D eigenvalue weighted by Gasteiger charge is -2.24. The smallest absolute Gasteiger partial charge is 0.222 e. The minimum Gasteiger partial charge on any atom is -0.383 e. The van der Waals surface area contributed by atoms with E-state index in [1.165, 1.54) is 0 Å². The van der Waals surface area contributed by atoms with E-state index < -0.39 is 0 Å². The van der Waals surface area contributed by atoms with Crippen LogP contribution < -0.4 is 5.32 Å². The molecule has 1 saturated heterocycles. The predicted molar refractivity (Wildman–Crippen MR) is 67.0 cm³/mol. The number of carbonyl (C=O) groups is 1. The number of likely N-dealkylation sites (N-methyl/N-ethyl adjacent to an activating group) is 1. The largest absolute Gasteiger partial charge is 0.383 e. The normalized spacial score (nSPS) is 16.6. The average Bonchev–Trinajstić information content (AvgIpc) is 2.27. The van der Waals surface area contributed by atoms with Crippen molar-refractivity contribution in [3.05, 3.63) is 0 Å². The Labute approximate surface area is 104 Å². The Bertz CT molecular complexity index is 196. The first-order chi connectivity index (χ1) is 7.24. The summed E-state index contributed by atoms with van der Waals surface area (Å²) in [5.74, 6) is 0.822. The molecule has 0 bridgehead atoms. The maximum absolute atomic E-state index is 11.8. The fourth-order valence-corrected chi connectivity index (χ4v) is 1.84. The molecule has 0 radical (unpaired) electrons. The van der Waals surface area contributed by atoms with E-state index in [-0.39, 0.29) is 18.3 Å². The summed E-state index contributed by atoms with van der Waals surface area (Å²) < 4.78 is 4.95. The molecule has 0 spiro atoms. The Hall–Kier alpha value is -0.320. The van der Waals surface area contributed by atoms with Gasteiger partial charge >= 0.3 is 0 Å². The lowest BCUT2D eigenvalue weighted by molar-refractivity contribution is -0.131. The Balaban J connectivity index is 0.00000225. The van der Waals surface area contributed by atoms with Crippen LogP contribution in [0.15, 0.2) is 0 Å². The van der Waals surface area contributed by atoms with Crippen LogP contribution in [0.4, 0.5) is 0 Å². The van der Waals surface area contributed by atoms with E-state index in [9.17, 15) is 4.79 Å². The second-order valence-corrected chi connectivity index (χ2v) is 4.21. The number of piperidine rings is 1. The monoisotopic (exact) mass is 250 g/mol. The van der Waals surface area contributed by atoms with E-state index in [2.05, 4.69) is 5.32 Å². The molecule has 0 saturated carbocycles. The first-order valence-electron chi connectivity index (χ1n) is 5.67. The van der Waals surface area contributed by atoms with Crippen molar-refractivity contribution in [2.45, 2.75) is 19.3 Å². The fraction of sp³-hybridized carbons (Fsp3) is 0.909. The summed E-state index contributed by atoms with van der Waals surface area (Å²) >= 11 is 0. The minimum absolute atomic E-state index is 0. The van der Waals surface area contributed by atoms with E-state index in [1.807, 2.05) is 7.05 Å². The Morgan fingerprint density at radius 2 is 2.06 bits per heavy atom. The number of nitrogens with zero attached hydrogens (tertiary/aromatic N) is 1. The molecule has 16 heavy (non-hydrogen) atoms. The van der Waals surface area contributed by atoms with Gasteiger partial charge in [-0.2, -0.15) is 0 Å². The van der Waals surface area contributed by atoms with Crippen LogP contribution in [0.25, 0.3) is 0 Å². The van der Waals surface area contributed by atoms with Crippen molar-refractivity contribution in [1.29, 1.82) is 0 Å². The van der Waals surface area contributed by atoms with Crippen LogP contribution in [0.3, 0.4) is 0 Å². The molecule has 0 atom stereocenters. The van der Waals surface area contributed by atoms with Gasteiger partial charge in [0, 0.05) is 27.1 Å². The van der Waals surface area contributed by atoms with Crippen LogP contribution >= 0.6 is 12.4 Å². The fourth-order valence-electron chi connectivity index (χ4n) is 1.84. The SMILES string of the molecule is COCCN(C)C(=O)CC1CCNCC1.Cl. The van der Waals surface area contributed by atoms with Gasteiger partial charge in [0.2, 0.25) is 5.91 Å². The number of hydrogen-bond donors (Lipinski definition) is 1. The van der Waals surface area contributed by atoms with E-state index in [0.29, 0.717) is 25.5 Å². The number of carbonyl (C=O) groups excluding carboxylic acids is 1. The van der Waals surface area contributed by atoms with Crippen molar-refractivity contribution in [2.24, 2.45) is 5.92 Å². The zero-order valence-electron chi connectivity index (χ0n) is 10.2. The molecule has 0 aromatic heterocycles. The molecular weight excluding hydrogens is 228 g/mol. The van der Waals surface area contributed by atoms with Crippen LogP contribution in [-0.2, 0) is 9.53 Å². The van der Waals surface area contributed by atoms with Crippen LogP contribution in [0.1, 0.15) is 19.3 Å². The number of nitrogens with one attached hydrogen (secondary N) is 1. The van der Waals surface area contributed by atoms with Crippen LogP contribution in [-0.4, -0.2) is 51.2 Å². The average molecular weight is 251 g/mol. The van der Waals surface area contributed by atoms with Gasteiger partial charge in [-0.25, -0.2) is 0 Å². The first-order valence-corrected chi connectivity index (χ1v) is 5.67. The highest BCUT2D eigenvalue weighted by Crippen LogP contribution is 2.16. The maximum Gasteiger partial charge on any atom is 0.222 e. The van der Waals surface area contributed by atoms with Gasteiger partial charge in [-0.15, -0.1) is 12.4 Å². The van der Waals surface area contributed by atoms with E-state index in [0.717, 1.165) is 25.9 Å². The van der Waals surface area contributed by atoms with Gasteiger partial charge in [0.05, 0.1) is 6.61 Å². The minimum atomic E-state index is 0. The zero-order valence-corrected chi connectivity index (χ0v) is 11.0. The highest BCUT2D eigenvalue weighted by atomic mass is 35.5. The van der Waals surface area contributed by atoms with Crippen molar-refractivity contribution in [3.63, 3.8) is 0 Å². The maximum atomic E-state index is 11.8. The molecule has 0 aliphatic carbocycles. The third kappa shape index (κ3) is 5.68. The molecule has 1 aliphatic rings. The van der Waals surface area contributed by atoms with Crippen LogP contribution in [0, 0.1) is 5.92 Å². The number of ether oxygens (including phenoxy) is 1. The van der Waals surface area contributed by atoms with E-state index >= 15 is 0 Å². The van der Waals surface area contributed by atoms with Crippen LogP contribution in [0.2, 0.25) is 0 Å². The van der Waals surface area contributed by atoms with E-state index in [4.69, 9.17) is 4.74 Å². The molecule has 1 N–H and O–H groups in total. The summed E-state index contributed by atoms with van der Waals surface area (Å²) in [5, 5.41) is 3.31. The topological polar surface area (TPSA) is 41.6 Å². The third-order valence-electron chi connectivity index (χ3n) is 2.98. The summed E-state index contributed by atoms with van der Waals surface area (Å²) in [6, 6.07) is 0. The molecular formula is C11H23ClN2O2. The van der Waals surface area contributed by atoms with Crippen molar-refractivity contribution >= 4 is 18.3 Å². The lowest BCUT2D eigenvalue weighted by atomic mass is 9.94. The summed E-state index contributed by atoms with van der Waals surface area (Å²) in [6.45, 7) is 3.42. The molecule has 1 heterocycles. The number of amides is 1. The van der Waals surface area contributed by atoms with Gasteiger partial charge in [-0.1, -0.05) is 0 Å². The number of rotatable bonds is 5. The zero-order chi connectivity index (χ0) is 11.1. The molecule has 1 fully saturated rings. The predicted octanol–water partition coefficient (Wildman–Crippen LogP) is 0.903. The molecule has 1 rings (SSSR count). The molecule has 5 heteroatoms. The standard InChI is InChI=1S/C11H22N2O2.ClH/c1-13(7-8-15-2)11(14)9-10-3-5-12-6-4-10;/h10,12H,3-9H2,1-2H3;1H. The summed E-state index contributed by atoms with van der Waals surface area (Å²) in [7, 11) is 3.51. The van der Waals surface area contributed by atoms with Crippen molar-refractivity contribution in [2.75, 3.05) is 40.4 Å².